The molecular formula is C12H20Cl2N2. The van der Waals surface area contributed by atoms with E-state index >= 15 is 0 Å². The summed E-state index contributed by atoms with van der Waals surface area (Å²) in [6.45, 7) is 3.30. The van der Waals surface area contributed by atoms with E-state index in [4.69, 9.17) is 5.73 Å². The van der Waals surface area contributed by atoms with E-state index in [9.17, 15) is 0 Å². The second kappa shape index (κ2) is 7.91. The van der Waals surface area contributed by atoms with Crippen LogP contribution in [0.1, 0.15) is 18.4 Å². The molecule has 16 heavy (non-hydrogen) atoms. The highest BCUT2D eigenvalue weighted by Crippen LogP contribution is 2.11. The standard InChI is InChI=1S/C12H18N2.2ClH/c13-12-7-4-8-14(10-12)9-11-5-2-1-3-6-11;;/h1-3,5-6,12H,4,7-10,13H2;2*1H/t12-;;/m0../s1. The van der Waals surface area contributed by atoms with Crippen molar-refractivity contribution in [3.05, 3.63) is 35.9 Å². The Balaban J connectivity index is 0.00000112. The van der Waals surface area contributed by atoms with Gasteiger partial charge in [-0.25, -0.2) is 0 Å². The summed E-state index contributed by atoms with van der Waals surface area (Å²) in [4.78, 5) is 2.45. The zero-order valence-electron chi connectivity index (χ0n) is 9.34. The van der Waals surface area contributed by atoms with Gasteiger partial charge in [-0.3, -0.25) is 4.90 Å². The fraction of sp³-hybridized carbons (Fsp3) is 0.500. The Bertz CT molecular complexity index is 280. The van der Waals surface area contributed by atoms with Crippen molar-refractivity contribution in [3.8, 4) is 0 Å². The van der Waals surface area contributed by atoms with Crippen molar-refractivity contribution in [3.63, 3.8) is 0 Å². The molecule has 0 unspecified atom stereocenters. The van der Waals surface area contributed by atoms with Gasteiger partial charge < -0.3 is 5.73 Å². The molecule has 0 aromatic heterocycles. The minimum absolute atomic E-state index is 0. The van der Waals surface area contributed by atoms with E-state index in [2.05, 4.69) is 35.2 Å². The Morgan fingerprint density at radius 3 is 2.50 bits per heavy atom. The molecule has 2 N–H and O–H groups in total. The molecule has 1 aliphatic heterocycles. The number of nitrogens with zero attached hydrogens (tertiary/aromatic N) is 1. The lowest BCUT2D eigenvalue weighted by Gasteiger charge is -2.30. The van der Waals surface area contributed by atoms with E-state index in [1.165, 1.54) is 24.9 Å². The second-order valence-corrected chi connectivity index (χ2v) is 4.12. The van der Waals surface area contributed by atoms with E-state index in [0.717, 1.165) is 13.1 Å². The Hall–Kier alpha value is -0.280. The van der Waals surface area contributed by atoms with E-state index in [-0.39, 0.29) is 24.8 Å². The third-order valence-electron chi connectivity index (χ3n) is 2.79. The maximum Gasteiger partial charge on any atom is 0.0234 e. The summed E-state index contributed by atoms with van der Waals surface area (Å²) in [5, 5.41) is 0. The molecule has 0 bridgehead atoms. The number of rotatable bonds is 2. The number of piperidine rings is 1. The molecule has 2 nitrogen and oxygen atoms in total. The fourth-order valence-corrected chi connectivity index (χ4v) is 2.08. The van der Waals surface area contributed by atoms with Crippen molar-refractivity contribution >= 4 is 24.8 Å². The van der Waals surface area contributed by atoms with Crippen LogP contribution in [0.15, 0.2) is 30.3 Å². The molecule has 92 valence electrons. The highest BCUT2D eigenvalue weighted by molar-refractivity contribution is 5.85. The molecule has 0 spiro atoms. The quantitative estimate of drug-likeness (QED) is 0.888. The number of nitrogens with two attached hydrogens (primary N) is 1. The van der Waals surface area contributed by atoms with E-state index < -0.39 is 0 Å². The zero-order valence-corrected chi connectivity index (χ0v) is 11.0. The van der Waals surface area contributed by atoms with Crippen molar-refractivity contribution in [2.24, 2.45) is 5.73 Å². The normalized spacial score (nSPS) is 20.7. The monoisotopic (exact) mass is 262 g/mol. The third-order valence-corrected chi connectivity index (χ3v) is 2.79. The summed E-state index contributed by atoms with van der Waals surface area (Å²) in [6, 6.07) is 11.0. The molecule has 2 rings (SSSR count). The van der Waals surface area contributed by atoms with Crippen LogP contribution in [0, 0.1) is 0 Å². The van der Waals surface area contributed by atoms with Gasteiger partial charge in [-0.15, -0.1) is 24.8 Å². The van der Waals surface area contributed by atoms with Crippen LogP contribution in [0.25, 0.3) is 0 Å². The van der Waals surface area contributed by atoms with Crippen LogP contribution in [-0.4, -0.2) is 24.0 Å². The predicted octanol–water partition coefficient (Wildman–Crippen LogP) is 2.45. The molecule has 4 heteroatoms. The van der Waals surface area contributed by atoms with Crippen molar-refractivity contribution in [1.29, 1.82) is 0 Å². The van der Waals surface area contributed by atoms with E-state index in [1.807, 2.05) is 0 Å². The molecular weight excluding hydrogens is 243 g/mol. The molecule has 1 aromatic rings. The van der Waals surface area contributed by atoms with E-state index in [0.29, 0.717) is 6.04 Å². The lowest BCUT2D eigenvalue weighted by Crippen LogP contribution is -2.42. The number of hydrogen-bond donors (Lipinski definition) is 1. The van der Waals surface area contributed by atoms with Gasteiger partial charge in [-0.1, -0.05) is 30.3 Å². The molecule has 1 heterocycles. The maximum absolute atomic E-state index is 5.94. The first-order chi connectivity index (χ1) is 6.84. The SMILES string of the molecule is Cl.Cl.N[C@H]1CCCN(Cc2ccccc2)C1. The minimum atomic E-state index is 0. The third kappa shape index (κ3) is 4.71. The Morgan fingerprint density at radius 2 is 1.88 bits per heavy atom. The molecule has 0 amide bonds. The minimum Gasteiger partial charge on any atom is -0.327 e. The number of halogens is 2. The average Bonchev–Trinajstić information content (AvgIpc) is 2.19. The number of benzene rings is 1. The molecule has 1 aliphatic rings. The van der Waals surface area contributed by atoms with Crippen molar-refractivity contribution in [2.45, 2.75) is 25.4 Å². The Kier molecular flexibility index (Phi) is 7.77. The molecule has 1 fully saturated rings. The van der Waals surface area contributed by atoms with Gasteiger partial charge in [-0.2, -0.15) is 0 Å². The summed E-state index contributed by atoms with van der Waals surface area (Å²) >= 11 is 0. The summed E-state index contributed by atoms with van der Waals surface area (Å²) in [5.41, 5.74) is 7.33. The molecule has 0 aliphatic carbocycles. The van der Waals surface area contributed by atoms with Gasteiger partial charge in [0.05, 0.1) is 0 Å². The van der Waals surface area contributed by atoms with Crippen molar-refractivity contribution < 1.29 is 0 Å². The van der Waals surface area contributed by atoms with Crippen molar-refractivity contribution in [1.82, 2.24) is 4.90 Å². The second-order valence-electron chi connectivity index (χ2n) is 4.12. The molecule has 1 aromatic carbocycles. The first-order valence-corrected chi connectivity index (χ1v) is 5.36. The molecule has 0 saturated carbocycles. The highest BCUT2D eigenvalue weighted by atomic mass is 35.5. The van der Waals surface area contributed by atoms with Gasteiger partial charge in [0.1, 0.15) is 0 Å². The number of hydrogen-bond acceptors (Lipinski definition) is 2. The van der Waals surface area contributed by atoms with Crippen LogP contribution < -0.4 is 5.73 Å². The highest BCUT2D eigenvalue weighted by Gasteiger charge is 2.15. The number of likely N-dealkylation sites (tertiary alicyclic amines) is 1. The lowest BCUT2D eigenvalue weighted by atomic mass is 10.1. The predicted molar refractivity (Wildman–Crippen MR) is 73.4 cm³/mol. The average molecular weight is 263 g/mol. The first kappa shape index (κ1) is 15.7. The Labute approximate surface area is 110 Å². The van der Waals surface area contributed by atoms with Gasteiger partial charge in [-0.05, 0) is 24.9 Å². The van der Waals surface area contributed by atoms with Crippen molar-refractivity contribution in [2.75, 3.05) is 13.1 Å². The summed E-state index contributed by atoms with van der Waals surface area (Å²) in [6.07, 6.45) is 2.43. The van der Waals surface area contributed by atoms with Crippen LogP contribution >= 0.6 is 24.8 Å². The van der Waals surface area contributed by atoms with Gasteiger partial charge in [0, 0.05) is 19.1 Å². The summed E-state index contributed by atoms with van der Waals surface area (Å²) < 4.78 is 0. The zero-order chi connectivity index (χ0) is 9.80. The smallest absolute Gasteiger partial charge is 0.0234 e. The largest absolute Gasteiger partial charge is 0.327 e. The topological polar surface area (TPSA) is 29.3 Å². The van der Waals surface area contributed by atoms with Gasteiger partial charge >= 0.3 is 0 Å². The van der Waals surface area contributed by atoms with Crippen LogP contribution in [0.3, 0.4) is 0 Å². The molecule has 1 atom stereocenters. The van der Waals surface area contributed by atoms with Crippen LogP contribution in [-0.2, 0) is 6.54 Å². The van der Waals surface area contributed by atoms with Gasteiger partial charge in [0.25, 0.3) is 0 Å². The lowest BCUT2D eigenvalue weighted by molar-refractivity contribution is 0.201. The van der Waals surface area contributed by atoms with Crippen LogP contribution in [0.2, 0.25) is 0 Å². The van der Waals surface area contributed by atoms with Gasteiger partial charge in [0.2, 0.25) is 0 Å². The molecule has 0 radical (unpaired) electrons. The van der Waals surface area contributed by atoms with Gasteiger partial charge in [0.15, 0.2) is 0 Å². The summed E-state index contributed by atoms with van der Waals surface area (Å²) in [7, 11) is 0. The molecule has 1 saturated heterocycles. The maximum atomic E-state index is 5.94. The van der Waals surface area contributed by atoms with Crippen LogP contribution in [0.4, 0.5) is 0 Å². The van der Waals surface area contributed by atoms with Crippen LogP contribution in [0.5, 0.6) is 0 Å². The first-order valence-electron chi connectivity index (χ1n) is 5.36. The van der Waals surface area contributed by atoms with E-state index in [1.54, 1.807) is 0 Å². The Morgan fingerprint density at radius 1 is 1.19 bits per heavy atom. The fourth-order valence-electron chi connectivity index (χ4n) is 2.08. The summed E-state index contributed by atoms with van der Waals surface area (Å²) in [5.74, 6) is 0.